The Morgan fingerprint density at radius 2 is 2.05 bits per heavy atom. The molecule has 0 saturated carbocycles. The molecule has 1 amide bonds. The van der Waals surface area contributed by atoms with E-state index in [9.17, 15) is 18.0 Å². The molecule has 3 nitrogen and oxygen atoms in total. The topological polar surface area (TPSA) is 33.2 Å². The van der Waals surface area contributed by atoms with Gasteiger partial charge < -0.3 is 4.90 Å². The summed E-state index contributed by atoms with van der Waals surface area (Å²) in [4.78, 5) is 18.5. The number of amides is 1. The molecule has 0 atom stereocenters. The molecule has 0 bridgehead atoms. The zero-order valence-electron chi connectivity index (χ0n) is 11.3. The van der Waals surface area contributed by atoms with Crippen molar-refractivity contribution in [3.63, 3.8) is 0 Å². The number of anilines is 1. The highest BCUT2D eigenvalue weighted by Crippen LogP contribution is 2.39. The minimum absolute atomic E-state index is 0.220. The first-order chi connectivity index (χ1) is 10.5. The Labute approximate surface area is 129 Å². The van der Waals surface area contributed by atoms with E-state index in [1.165, 1.54) is 28.9 Å². The summed E-state index contributed by atoms with van der Waals surface area (Å²) in [5.74, 6) is 0.248. The van der Waals surface area contributed by atoms with Crippen molar-refractivity contribution < 1.29 is 18.0 Å². The number of fused-ring (bicyclic) bond motifs is 1. The average molecular weight is 324 g/mol. The fraction of sp³-hybridized carbons (Fsp3) is 0.200. The minimum Gasteiger partial charge on any atom is -0.305 e. The van der Waals surface area contributed by atoms with Crippen LogP contribution < -0.4 is 4.90 Å². The van der Waals surface area contributed by atoms with Crippen LogP contribution in [-0.2, 0) is 6.18 Å². The summed E-state index contributed by atoms with van der Waals surface area (Å²) in [7, 11) is 0. The van der Waals surface area contributed by atoms with Gasteiger partial charge in [-0.1, -0.05) is 6.07 Å². The summed E-state index contributed by atoms with van der Waals surface area (Å²) in [6.07, 6.45) is -2.95. The highest BCUT2D eigenvalue weighted by molar-refractivity contribution is 7.99. The first-order valence-electron chi connectivity index (χ1n) is 6.54. The van der Waals surface area contributed by atoms with Crippen molar-refractivity contribution in [3.8, 4) is 0 Å². The predicted octanol–water partition coefficient (Wildman–Crippen LogP) is 3.85. The standard InChI is InChI=1S/C15H11F3N2OS/c16-15(17,18)10-4-5-13-12(9-10)20(7-8-22-13)14(21)11-3-1-2-6-19-11/h1-6,9H,7-8H2. The molecule has 1 aliphatic rings. The van der Waals surface area contributed by atoms with Crippen molar-refractivity contribution >= 4 is 23.4 Å². The summed E-state index contributed by atoms with van der Waals surface area (Å²) in [5, 5.41) is 0. The molecule has 114 valence electrons. The Kier molecular flexibility index (Phi) is 3.82. The highest BCUT2D eigenvalue weighted by atomic mass is 32.2. The van der Waals surface area contributed by atoms with Gasteiger partial charge in [0, 0.05) is 23.4 Å². The largest absolute Gasteiger partial charge is 0.416 e. The minimum atomic E-state index is -4.43. The summed E-state index contributed by atoms with van der Waals surface area (Å²) in [5.41, 5.74) is -0.243. The second kappa shape index (κ2) is 5.64. The predicted molar refractivity (Wildman–Crippen MR) is 78.1 cm³/mol. The summed E-state index contributed by atoms with van der Waals surface area (Å²) in [6, 6.07) is 8.39. The van der Waals surface area contributed by atoms with E-state index in [-0.39, 0.29) is 11.6 Å². The number of nitrogens with zero attached hydrogens (tertiary/aromatic N) is 2. The van der Waals surface area contributed by atoms with Crippen LogP contribution in [0.5, 0.6) is 0 Å². The molecule has 0 spiro atoms. The number of thioether (sulfide) groups is 1. The molecular weight excluding hydrogens is 313 g/mol. The first-order valence-corrected chi connectivity index (χ1v) is 7.52. The summed E-state index contributed by atoms with van der Waals surface area (Å²) in [6.45, 7) is 0.356. The van der Waals surface area contributed by atoms with Gasteiger partial charge in [-0.05, 0) is 30.3 Å². The highest BCUT2D eigenvalue weighted by Gasteiger charge is 2.33. The first kappa shape index (κ1) is 14.9. The van der Waals surface area contributed by atoms with Crippen molar-refractivity contribution in [2.24, 2.45) is 0 Å². The molecule has 3 rings (SSSR count). The normalized spacial score (nSPS) is 14.6. The average Bonchev–Trinajstić information content (AvgIpc) is 2.53. The number of carbonyl (C=O) groups is 1. The van der Waals surface area contributed by atoms with Crippen LogP contribution in [0.3, 0.4) is 0 Å². The van der Waals surface area contributed by atoms with Crippen LogP contribution >= 0.6 is 11.8 Å². The molecule has 0 N–H and O–H groups in total. The molecule has 1 aliphatic heterocycles. The van der Waals surface area contributed by atoms with Crippen LogP contribution in [0.15, 0.2) is 47.5 Å². The van der Waals surface area contributed by atoms with Crippen molar-refractivity contribution in [1.82, 2.24) is 4.98 Å². The van der Waals surface area contributed by atoms with Crippen LogP contribution in [0.1, 0.15) is 16.1 Å². The Balaban J connectivity index is 2.02. The molecule has 0 radical (unpaired) electrons. The molecule has 7 heteroatoms. The Bertz CT molecular complexity index is 704. The molecule has 0 unspecified atom stereocenters. The number of alkyl halides is 3. The van der Waals surface area contributed by atoms with Crippen LogP contribution in [0.25, 0.3) is 0 Å². The van der Waals surface area contributed by atoms with E-state index >= 15 is 0 Å². The molecule has 2 aromatic rings. The van der Waals surface area contributed by atoms with Gasteiger partial charge in [0.1, 0.15) is 5.69 Å². The number of halogens is 3. The second-order valence-electron chi connectivity index (χ2n) is 4.70. The zero-order chi connectivity index (χ0) is 15.7. The van der Waals surface area contributed by atoms with Crippen LogP contribution in [-0.4, -0.2) is 23.2 Å². The third-order valence-corrected chi connectivity index (χ3v) is 4.32. The third-order valence-electron chi connectivity index (χ3n) is 3.28. The van der Waals surface area contributed by atoms with Crippen molar-refractivity contribution in [2.45, 2.75) is 11.1 Å². The molecule has 0 saturated heterocycles. The number of carbonyl (C=O) groups excluding carboxylic acids is 1. The van der Waals surface area contributed by atoms with Crippen molar-refractivity contribution in [2.75, 3.05) is 17.2 Å². The molecule has 2 heterocycles. The van der Waals surface area contributed by atoms with Gasteiger partial charge in [-0.25, -0.2) is 0 Å². The van der Waals surface area contributed by atoms with Crippen molar-refractivity contribution in [3.05, 3.63) is 53.9 Å². The van der Waals surface area contributed by atoms with E-state index in [2.05, 4.69) is 4.98 Å². The number of hydrogen-bond donors (Lipinski definition) is 0. The van der Waals surface area contributed by atoms with E-state index in [4.69, 9.17) is 0 Å². The number of aromatic nitrogens is 1. The van der Waals surface area contributed by atoms with Gasteiger partial charge in [0.2, 0.25) is 0 Å². The molecule has 0 aliphatic carbocycles. The van der Waals surface area contributed by atoms with Crippen LogP contribution in [0.2, 0.25) is 0 Å². The summed E-state index contributed by atoms with van der Waals surface area (Å²) < 4.78 is 38.7. The lowest BCUT2D eigenvalue weighted by Gasteiger charge is -2.29. The summed E-state index contributed by atoms with van der Waals surface area (Å²) >= 11 is 1.44. The van der Waals surface area contributed by atoms with Gasteiger partial charge in [0.25, 0.3) is 5.91 Å². The van der Waals surface area contributed by atoms with Gasteiger partial charge in [0.05, 0.1) is 11.3 Å². The Morgan fingerprint density at radius 3 is 2.73 bits per heavy atom. The third kappa shape index (κ3) is 2.81. The number of hydrogen-bond acceptors (Lipinski definition) is 3. The van der Waals surface area contributed by atoms with E-state index in [1.54, 1.807) is 18.2 Å². The molecule has 22 heavy (non-hydrogen) atoms. The Hall–Kier alpha value is -2.02. The quantitative estimate of drug-likeness (QED) is 0.799. The van der Waals surface area contributed by atoms with Crippen LogP contribution in [0.4, 0.5) is 18.9 Å². The van der Waals surface area contributed by atoms with E-state index in [1.807, 2.05) is 0 Å². The van der Waals surface area contributed by atoms with Crippen LogP contribution in [0, 0.1) is 0 Å². The molecule has 1 aromatic carbocycles. The number of pyridine rings is 1. The van der Waals surface area contributed by atoms with Gasteiger partial charge in [-0.15, -0.1) is 11.8 Å². The monoisotopic (exact) mass is 324 g/mol. The fourth-order valence-electron chi connectivity index (χ4n) is 2.23. The number of benzene rings is 1. The molecule has 0 fully saturated rings. The van der Waals surface area contributed by atoms with Crippen molar-refractivity contribution in [1.29, 1.82) is 0 Å². The van der Waals surface area contributed by atoms with Gasteiger partial charge in [0.15, 0.2) is 0 Å². The zero-order valence-corrected chi connectivity index (χ0v) is 12.1. The molecular formula is C15H11F3N2OS. The maximum atomic E-state index is 12.9. The lowest BCUT2D eigenvalue weighted by atomic mass is 10.1. The smallest absolute Gasteiger partial charge is 0.305 e. The second-order valence-corrected chi connectivity index (χ2v) is 5.84. The van der Waals surface area contributed by atoms with Gasteiger partial charge in [-0.2, -0.15) is 13.2 Å². The maximum Gasteiger partial charge on any atom is 0.416 e. The van der Waals surface area contributed by atoms with E-state index in [0.717, 1.165) is 12.1 Å². The number of rotatable bonds is 1. The van der Waals surface area contributed by atoms with Gasteiger partial charge >= 0.3 is 6.18 Å². The Morgan fingerprint density at radius 1 is 1.23 bits per heavy atom. The fourth-order valence-corrected chi connectivity index (χ4v) is 3.21. The van der Waals surface area contributed by atoms with E-state index < -0.39 is 11.7 Å². The van der Waals surface area contributed by atoms with E-state index in [0.29, 0.717) is 22.9 Å². The van der Waals surface area contributed by atoms with Gasteiger partial charge in [-0.3, -0.25) is 9.78 Å². The molecule has 1 aromatic heterocycles. The SMILES string of the molecule is O=C(c1ccccn1)N1CCSc2ccc(C(F)(F)F)cc21. The maximum absolute atomic E-state index is 12.9. The lowest BCUT2D eigenvalue weighted by Crippen LogP contribution is -2.36. The lowest BCUT2D eigenvalue weighted by molar-refractivity contribution is -0.137.